The first-order valence-electron chi connectivity index (χ1n) is 17.0. The molecule has 0 saturated carbocycles. The minimum atomic E-state index is -0.250. The van der Waals surface area contributed by atoms with Crippen molar-refractivity contribution in [2.75, 3.05) is 0 Å². The number of nitrogens with zero attached hydrogens (tertiary/aromatic N) is 2. The Morgan fingerprint density at radius 3 is 1.90 bits per heavy atom. The molecule has 0 bridgehead atoms. The van der Waals surface area contributed by atoms with Gasteiger partial charge in [0.25, 0.3) is 6.47 Å². The zero-order valence-electron chi connectivity index (χ0n) is 32.9. The van der Waals surface area contributed by atoms with Gasteiger partial charge >= 0.3 is 0 Å². The van der Waals surface area contributed by atoms with E-state index in [1.165, 1.54) is 12.8 Å². The zero-order valence-corrected chi connectivity index (χ0v) is 34.8. The van der Waals surface area contributed by atoms with Gasteiger partial charge in [-0.3, -0.25) is 9.79 Å². The number of carboxylic acid groups (broad SMARTS) is 1. The maximum atomic E-state index is 10.8. The molecule has 1 heterocycles. The van der Waals surface area contributed by atoms with Crippen LogP contribution in [-0.4, -0.2) is 33.7 Å². The van der Waals surface area contributed by atoms with Crippen LogP contribution in [0.4, 0.5) is 0 Å². The number of benzene rings is 1. The number of aromatic hydroxyl groups is 1. The van der Waals surface area contributed by atoms with Gasteiger partial charge in [0.1, 0.15) is 17.7 Å². The Morgan fingerprint density at radius 1 is 1.02 bits per heavy atom. The second-order valence-corrected chi connectivity index (χ2v) is 14.8. The first-order chi connectivity index (χ1) is 22.6. The van der Waals surface area contributed by atoms with Crippen LogP contribution in [0.5, 0.6) is 5.75 Å². The van der Waals surface area contributed by atoms with Crippen LogP contribution in [0.25, 0.3) is 17.3 Å². The van der Waals surface area contributed by atoms with Crippen molar-refractivity contribution in [2.24, 2.45) is 16.3 Å². The molecular weight excluding hydrogens is 651 g/mol. The number of rotatable bonds is 9. The molecule has 0 aliphatic rings. The fraction of sp³-hybridized carbons (Fsp3) is 0.512. The molecule has 2 atom stereocenters. The highest BCUT2D eigenvalue weighted by atomic mass is 35.5. The Bertz CT molecular complexity index is 1370. The minimum Gasteiger partial charge on any atom is -0.505 e. The summed E-state index contributed by atoms with van der Waals surface area (Å²) < 4.78 is 0. The number of pyridine rings is 1. The van der Waals surface area contributed by atoms with Gasteiger partial charge in [-0.2, -0.15) is 0 Å². The summed E-state index contributed by atoms with van der Waals surface area (Å²) in [6.07, 6.45) is 11.5. The quantitative estimate of drug-likeness (QED) is 0.116. The van der Waals surface area contributed by atoms with Crippen LogP contribution in [0.2, 0.25) is 5.02 Å². The fourth-order valence-corrected chi connectivity index (χ4v) is 3.34. The average molecular weight is 717 g/mol. The van der Waals surface area contributed by atoms with Crippen molar-refractivity contribution in [3.05, 3.63) is 70.5 Å². The van der Waals surface area contributed by atoms with Crippen LogP contribution in [0.3, 0.4) is 0 Å². The molecule has 276 valence electrons. The first kappa shape index (κ1) is 50.3. The summed E-state index contributed by atoms with van der Waals surface area (Å²) in [7, 11) is 2.65. The maximum Gasteiger partial charge on any atom is 0.290 e. The van der Waals surface area contributed by atoms with Gasteiger partial charge in [-0.05, 0) is 86.5 Å². The van der Waals surface area contributed by atoms with Crippen molar-refractivity contribution in [2.45, 2.75) is 128 Å². The lowest BCUT2D eigenvalue weighted by Gasteiger charge is -2.23. The molecule has 0 fully saturated rings. The molecule has 6 nitrogen and oxygen atoms in total. The summed E-state index contributed by atoms with van der Waals surface area (Å²) in [6.45, 7) is 32.5. The number of carbonyl (C=O) groups is 2. The first-order valence-corrected chi connectivity index (χ1v) is 17.9. The third-order valence-electron chi connectivity index (χ3n) is 7.29. The van der Waals surface area contributed by atoms with Crippen LogP contribution in [-0.2, 0) is 15.0 Å². The summed E-state index contributed by atoms with van der Waals surface area (Å²) in [6, 6.07) is 7.82. The number of hydrogen-bond donors (Lipinski definition) is 2. The number of hydrogen-bond acceptors (Lipinski definition) is 5. The van der Waals surface area contributed by atoms with E-state index < -0.39 is 0 Å². The van der Waals surface area contributed by atoms with E-state index in [-0.39, 0.29) is 29.0 Å². The summed E-state index contributed by atoms with van der Waals surface area (Å²) >= 11 is 6.15. The maximum absolute atomic E-state index is 10.8. The van der Waals surface area contributed by atoms with Crippen LogP contribution in [0, 0.1) is 11.3 Å². The zero-order chi connectivity index (χ0) is 39.0. The van der Waals surface area contributed by atoms with Gasteiger partial charge in [0, 0.05) is 34.0 Å². The summed E-state index contributed by atoms with van der Waals surface area (Å²) in [5.74, 6) is 0.509. The minimum absolute atomic E-state index is 0.0551. The number of allylic oxidation sites excluding steroid dienone is 3. The molecule has 1 aromatic heterocycles. The van der Waals surface area contributed by atoms with E-state index in [9.17, 15) is 9.90 Å². The standard InChI is InChI=1S/C22H29ClNOP.C9H15N.C5H10O.C4H10.CH2O2/c1-7-22(5,6)11-10-17-20(25)15(21(2,3)4)13-18(24-17)14-8-9-16(23)19(26)12-14;1-7(2)9(5)6-10-8(3)4;1-3-5(2)4-6;1-3-4-2;2-1-3/h8-13,25H,7,26H2,1-6H3;6H,1H2,2-5H3;4-5H,3H2,1-2H3;3-4H2,1-2H3;1H,(H,2,3)/b11-10+;9-6-;;;. The SMILES string of the molecule is C=C(C)/C(C)=C\N=C(C)C.CCC(C)(C)/C=C/c1nc(-c2ccc(Cl)c(P)c2)cc(C(C)(C)C)c1O.CCC(C)C=O.CCCC.O=CO. The molecule has 1 aromatic carbocycles. The predicted molar refractivity (Wildman–Crippen MR) is 220 cm³/mol. The number of aldehydes is 1. The number of carbonyl (C=O) groups excluding carboxylic acids is 1. The molecule has 2 unspecified atom stereocenters. The van der Waals surface area contributed by atoms with Crippen molar-refractivity contribution in [1.82, 2.24) is 4.98 Å². The van der Waals surface area contributed by atoms with Crippen molar-refractivity contribution in [3.8, 4) is 17.0 Å². The van der Waals surface area contributed by atoms with Gasteiger partial charge in [0.2, 0.25) is 0 Å². The number of unbranched alkanes of at least 4 members (excludes halogenated alkanes) is 1. The Morgan fingerprint density at radius 2 is 1.55 bits per heavy atom. The van der Waals surface area contributed by atoms with Gasteiger partial charge in [-0.15, -0.1) is 9.24 Å². The summed E-state index contributed by atoms with van der Waals surface area (Å²) in [5.41, 5.74) is 6.45. The molecule has 0 amide bonds. The lowest BCUT2D eigenvalue weighted by Crippen LogP contribution is -2.13. The topological polar surface area (TPSA) is 99.9 Å². The van der Waals surface area contributed by atoms with E-state index in [1.54, 1.807) is 0 Å². The molecule has 0 saturated heterocycles. The van der Waals surface area contributed by atoms with E-state index in [2.05, 4.69) is 82.3 Å². The van der Waals surface area contributed by atoms with Gasteiger partial charge in [0.15, 0.2) is 0 Å². The highest BCUT2D eigenvalue weighted by molar-refractivity contribution is 7.28. The fourth-order valence-electron chi connectivity index (χ4n) is 2.95. The van der Waals surface area contributed by atoms with Crippen molar-refractivity contribution in [3.63, 3.8) is 0 Å². The highest BCUT2D eigenvalue weighted by Gasteiger charge is 2.22. The Balaban J connectivity index is -0.000000750. The molecule has 0 aliphatic carbocycles. The molecule has 0 aliphatic heterocycles. The van der Waals surface area contributed by atoms with Gasteiger partial charge < -0.3 is 15.0 Å². The van der Waals surface area contributed by atoms with Gasteiger partial charge in [-0.1, -0.05) is 118 Å². The van der Waals surface area contributed by atoms with Gasteiger partial charge in [-0.25, -0.2) is 4.98 Å². The van der Waals surface area contributed by atoms with Gasteiger partial charge in [0.05, 0.1) is 5.69 Å². The largest absolute Gasteiger partial charge is 0.505 e. The van der Waals surface area contributed by atoms with Crippen LogP contribution >= 0.6 is 20.8 Å². The van der Waals surface area contributed by atoms with Crippen LogP contribution in [0.15, 0.2) is 59.3 Å². The van der Waals surface area contributed by atoms with E-state index >= 15 is 0 Å². The molecule has 2 rings (SSSR count). The molecule has 8 heteroatoms. The van der Waals surface area contributed by atoms with Crippen molar-refractivity contribution < 1.29 is 19.8 Å². The number of aromatic nitrogens is 1. The predicted octanol–water partition coefficient (Wildman–Crippen LogP) is 12.0. The van der Waals surface area contributed by atoms with E-state index in [0.29, 0.717) is 10.7 Å². The van der Waals surface area contributed by atoms with E-state index in [4.69, 9.17) is 26.5 Å². The molecule has 0 radical (unpaired) electrons. The van der Waals surface area contributed by atoms with Crippen molar-refractivity contribution in [1.29, 1.82) is 0 Å². The second kappa shape index (κ2) is 26.7. The van der Waals surface area contributed by atoms with Crippen molar-refractivity contribution >= 4 is 50.7 Å². The lowest BCUT2D eigenvalue weighted by atomic mass is 9.84. The third-order valence-corrected chi connectivity index (χ3v) is 8.29. The summed E-state index contributed by atoms with van der Waals surface area (Å²) in [4.78, 5) is 27.0. The Kier molecular flexibility index (Phi) is 27.5. The summed E-state index contributed by atoms with van der Waals surface area (Å²) in [5, 5.41) is 19.4. The van der Waals surface area contributed by atoms with E-state index in [1.807, 2.05) is 78.1 Å². The van der Waals surface area contributed by atoms with Crippen LogP contribution < -0.4 is 5.30 Å². The Hall–Kier alpha value is -3.08. The lowest BCUT2D eigenvalue weighted by molar-refractivity contribution is -0.122. The second-order valence-electron chi connectivity index (χ2n) is 13.7. The number of halogens is 1. The monoisotopic (exact) mass is 716 g/mol. The van der Waals surface area contributed by atoms with E-state index in [0.717, 1.165) is 58.1 Å². The third kappa shape index (κ3) is 23.8. The molecule has 2 N–H and O–H groups in total. The molecular formula is C41H66ClN2O4P. The average Bonchev–Trinajstić information content (AvgIpc) is 3.04. The Labute approximate surface area is 306 Å². The normalized spacial score (nSPS) is 11.6. The smallest absolute Gasteiger partial charge is 0.290 e. The number of aliphatic imine (C=N–C) groups is 1. The van der Waals surface area contributed by atoms with Crippen LogP contribution in [0.1, 0.15) is 134 Å². The molecule has 49 heavy (non-hydrogen) atoms. The highest BCUT2D eigenvalue weighted by Crippen LogP contribution is 2.37. The molecule has 0 spiro atoms. The molecule has 2 aromatic rings.